The number of carboxylic acids is 1. The van der Waals surface area contributed by atoms with Crippen LogP contribution in [-0.2, 0) is 14.8 Å². The first-order valence-corrected chi connectivity index (χ1v) is 11.4. The van der Waals surface area contributed by atoms with Crippen LogP contribution in [0.4, 0.5) is 11.4 Å². The fourth-order valence-corrected chi connectivity index (χ4v) is 5.22. The molecule has 162 valence electrons. The number of anilines is 2. The average Bonchev–Trinajstić information content (AvgIpc) is 2.75. The number of fused-ring (bicyclic) bond motifs is 1. The third-order valence-electron chi connectivity index (χ3n) is 5.14. The maximum Gasteiger partial charge on any atom is 0.337 e. The van der Waals surface area contributed by atoms with E-state index >= 15 is 0 Å². The van der Waals surface area contributed by atoms with Crippen LogP contribution in [0.15, 0.2) is 47.5 Å². The second kappa shape index (κ2) is 8.43. The monoisotopic (exact) mass is 461 g/mol. The first kappa shape index (κ1) is 21.5. The Morgan fingerprint density at radius 1 is 1.19 bits per heavy atom. The Bertz CT molecular complexity index is 1270. The number of ether oxygens (including phenoxy) is 1. The molecule has 1 fully saturated rings. The normalized spacial score (nSPS) is 15.2. The summed E-state index contributed by atoms with van der Waals surface area (Å²) >= 11 is 6.20. The van der Waals surface area contributed by atoms with E-state index < -0.39 is 16.0 Å². The molecule has 31 heavy (non-hydrogen) atoms. The number of rotatable bonds is 5. The molecule has 10 heteroatoms. The molecule has 0 spiro atoms. The van der Waals surface area contributed by atoms with Crippen molar-refractivity contribution in [1.82, 2.24) is 9.29 Å². The minimum atomic E-state index is -3.93. The lowest BCUT2D eigenvalue weighted by Gasteiger charge is -2.27. The molecular formula is C21H20ClN3O5S. The third kappa shape index (κ3) is 4.09. The highest BCUT2D eigenvalue weighted by molar-refractivity contribution is 7.89. The van der Waals surface area contributed by atoms with E-state index in [9.17, 15) is 18.3 Å². The number of morpholine rings is 1. The summed E-state index contributed by atoms with van der Waals surface area (Å²) < 4.78 is 33.6. The quantitative estimate of drug-likeness (QED) is 0.596. The number of aromatic nitrogens is 1. The summed E-state index contributed by atoms with van der Waals surface area (Å²) in [6, 6.07) is 9.81. The third-order valence-corrected chi connectivity index (χ3v) is 7.28. The van der Waals surface area contributed by atoms with Gasteiger partial charge in [-0.1, -0.05) is 23.7 Å². The summed E-state index contributed by atoms with van der Waals surface area (Å²) in [7, 11) is -3.93. The van der Waals surface area contributed by atoms with Gasteiger partial charge in [-0.25, -0.2) is 13.2 Å². The summed E-state index contributed by atoms with van der Waals surface area (Å²) in [5.74, 6) is -1.12. The summed E-state index contributed by atoms with van der Waals surface area (Å²) in [6.07, 6.45) is 1.29. The number of pyridine rings is 1. The van der Waals surface area contributed by atoms with Gasteiger partial charge in [0.05, 0.1) is 35.7 Å². The molecule has 1 aliphatic heterocycles. The number of carbonyl (C=O) groups is 1. The van der Waals surface area contributed by atoms with E-state index in [1.807, 2.05) is 0 Å². The Morgan fingerprint density at radius 2 is 1.94 bits per heavy atom. The van der Waals surface area contributed by atoms with Gasteiger partial charge in [-0.2, -0.15) is 4.31 Å². The smallest absolute Gasteiger partial charge is 0.337 e. The van der Waals surface area contributed by atoms with Crippen molar-refractivity contribution < 1.29 is 23.1 Å². The number of aryl methyl sites for hydroxylation is 1. The van der Waals surface area contributed by atoms with E-state index in [0.29, 0.717) is 40.4 Å². The van der Waals surface area contributed by atoms with Crippen molar-refractivity contribution in [3.8, 4) is 0 Å². The van der Waals surface area contributed by atoms with Crippen molar-refractivity contribution in [2.24, 2.45) is 0 Å². The lowest BCUT2D eigenvalue weighted by Crippen LogP contribution is -2.40. The Balaban J connectivity index is 1.96. The van der Waals surface area contributed by atoms with Crippen molar-refractivity contribution in [1.29, 1.82) is 0 Å². The Morgan fingerprint density at radius 3 is 2.65 bits per heavy atom. The van der Waals surface area contributed by atoms with Crippen molar-refractivity contribution in [3.63, 3.8) is 0 Å². The maximum absolute atomic E-state index is 13.5. The Hall–Kier alpha value is -2.72. The number of nitrogens with one attached hydrogen (secondary N) is 1. The number of para-hydroxylation sites is 1. The van der Waals surface area contributed by atoms with Crippen molar-refractivity contribution in [3.05, 3.63) is 58.7 Å². The van der Waals surface area contributed by atoms with E-state index in [0.717, 1.165) is 0 Å². The molecule has 2 N–H and O–H groups in total. The van der Waals surface area contributed by atoms with Crippen molar-refractivity contribution in [2.45, 2.75) is 11.8 Å². The molecule has 0 saturated carbocycles. The fourth-order valence-electron chi connectivity index (χ4n) is 3.53. The van der Waals surface area contributed by atoms with Crippen molar-refractivity contribution >= 4 is 49.9 Å². The Kier molecular flexibility index (Phi) is 5.85. The van der Waals surface area contributed by atoms with Gasteiger partial charge in [-0.3, -0.25) is 4.98 Å². The number of benzene rings is 2. The standard InChI is InChI=1S/C21H20ClN3O5S/c1-13-3-2-4-15(21(26)27)19(13)24-20-16-11-14(22)5-6-17(16)23-12-18(20)31(28,29)25-7-9-30-10-8-25/h2-6,11-12H,7-10H2,1H3,(H,23,24)(H,26,27). The number of nitrogens with zero attached hydrogens (tertiary/aromatic N) is 2. The lowest BCUT2D eigenvalue weighted by atomic mass is 10.1. The summed E-state index contributed by atoms with van der Waals surface area (Å²) in [5.41, 5.74) is 1.75. The van der Waals surface area contributed by atoms with Gasteiger partial charge in [0.2, 0.25) is 10.0 Å². The second-order valence-corrected chi connectivity index (χ2v) is 9.45. The summed E-state index contributed by atoms with van der Waals surface area (Å²) in [4.78, 5) is 16.1. The summed E-state index contributed by atoms with van der Waals surface area (Å²) in [6.45, 7) is 2.80. The van der Waals surface area contributed by atoms with Crippen LogP contribution in [-0.4, -0.2) is 55.1 Å². The Labute approximate surface area is 184 Å². The van der Waals surface area contributed by atoms with E-state index in [1.165, 1.54) is 16.6 Å². The highest BCUT2D eigenvalue weighted by Crippen LogP contribution is 2.36. The number of hydrogen-bond acceptors (Lipinski definition) is 6. The van der Waals surface area contributed by atoms with Crippen LogP contribution < -0.4 is 5.32 Å². The topological polar surface area (TPSA) is 109 Å². The molecule has 0 amide bonds. The zero-order valence-corrected chi connectivity index (χ0v) is 18.2. The van der Waals surface area contributed by atoms with Crippen LogP contribution in [0.1, 0.15) is 15.9 Å². The molecule has 1 aromatic heterocycles. The van der Waals surface area contributed by atoms with Gasteiger partial charge < -0.3 is 15.2 Å². The van der Waals surface area contributed by atoms with Crippen LogP contribution in [0, 0.1) is 6.92 Å². The molecule has 1 saturated heterocycles. The molecule has 2 aromatic carbocycles. The second-order valence-electron chi connectivity index (χ2n) is 7.10. The highest BCUT2D eigenvalue weighted by Gasteiger charge is 2.30. The molecule has 0 radical (unpaired) electrons. The number of carboxylic acid groups (broad SMARTS) is 1. The number of hydrogen-bond donors (Lipinski definition) is 2. The zero-order chi connectivity index (χ0) is 22.2. The predicted octanol–water partition coefficient (Wildman–Crippen LogP) is 3.66. The molecule has 3 aromatic rings. The average molecular weight is 462 g/mol. The molecule has 0 unspecified atom stereocenters. The highest BCUT2D eigenvalue weighted by atomic mass is 35.5. The predicted molar refractivity (Wildman–Crippen MR) is 118 cm³/mol. The number of aromatic carboxylic acids is 1. The van der Waals surface area contributed by atoms with Gasteiger partial charge >= 0.3 is 5.97 Å². The lowest BCUT2D eigenvalue weighted by molar-refractivity contribution is 0.0698. The molecule has 4 rings (SSSR count). The van der Waals surface area contributed by atoms with Gasteiger partial charge in [0.25, 0.3) is 0 Å². The van der Waals surface area contributed by atoms with Crippen LogP contribution in [0.5, 0.6) is 0 Å². The minimum absolute atomic E-state index is 0.0294. The minimum Gasteiger partial charge on any atom is -0.478 e. The fraction of sp³-hybridized carbons (Fsp3) is 0.238. The zero-order valence-electron chi connectivity index (χ0n) is 16.6. The first-order valence-electron chi connectivity index (χ1n) is 9.55. The SMILES string of the molecule is Cc1cccc(C(=O)O)c1Nc1c(S(=O)(=O)N2CCOCC2)cnc2ccc(Cl)cc12. The van der Waals surface area contributed by atoms with Gasteiger partial charge in [-0.05, 0) is 36.8 Å². The van der Waals surface area contributed by atoms with Gasteiger partial charge in [0.1, 0.15) is 4.90 Å². The molecule has 2 heterocycles. The van der Waals surface area contributed by atoms with Gasteiger partial charge in [0, 0.05) is 29.7 Å². The van der Waals surface area contributed by atoms with E-state index in [-0.39, 0.29) is 29.2 Å². The number of halogens is 1. The molecule has 0 atom stereocenters. The van der Waals surface area contributed by atoms with Crippen LogP contribution in [0.25, 0.3) is 10.9 Å². The van der Waals surface area contributed by atoms with E-state index in [1.54, 1.807) is 37.3 Å². The van der Waals surface area contributed by atoms with Gasteiger partial charge in [0.15, 0.2) is 0 Å². The van der Waals surface area contributed by atoms with E-state index in [4.69, 9.17) is 16.3 Å². The maximum atomic E-state index is 13.5. The largest absolute Gasteiger partial charge is 0.478 e. The molecule has 1 aliphatic rings. The molecule has 0 bridgehead atoms. The van der Waals surface area contributed by atoms with Gasteiger partial charge in [-0.15, -0.1) is 0 Å². The first-order chi connectivity index (χ1) is 14.8. The molecule has 0 aliphatic carbocycles. The van der Waals surface area contributed by atoms with E-state index in [2.05, 4.69) is 10.3 Å². The van der Waals surface area contributed by atoms with Crippen LogP contribution in [0.3, 0.4) is 0 Å². The van der Waals surface area contributed by atoms with Crippen LogP contribution in [0.2, 0.25) is 5.02 Å². The van der Waals surface area contributed by atoms with Crippen molar-refractivity contribution in [2.75, 3.05) is 31.6 Å². The van der Waals surface area contributed by atoms with Crippen LogP contribution >= 0.6 is 11.6 Å². The summed E-state index contributed by atoms with van der Waals surface area (Å²) in [5, 5.41) is 13.6. The molecular weight excluding hydrogens is 442 g/mol. The number of sulfonamides is 1. The molecule has 8 nitrogen and oxygen atoms in total.